The highest BCUT2D eigenvalue weighted by Crippen LogP contribution is 2.34. The first-order valence-electron chi connectivity index (χ1n) is 13.3. The van der Waals surface area contributed by atoms with Crippen LogP contribution in [0.4, 0.5) is 0 Å². The largest absolute Gasteiger partial charge is 0.361 e. The Hall–Kier alpha value is -3.64. The van der Waals surface area contributed by atoms with Gasteiger partial charge in [0.05, 0.1) is 22.3 Å². The van der Waals surface area contributed by atoms with Crippen molar-refractivity contribution < 1.29 is 9.59 Å². The molecule has 0 saturated heterocycles. The fourth-order valence-corrected chi connectivity index (χ4v) is 5.79. The van der Waals surface area contributed by atoms with Crippen molar-refractivity contribution >= 4 is 34.3 Å². The highest BCUT2D eigenvalue weighted by atomic mass is 35.5. The maximum Gasteiger partial charge on any atom is 0.253 e. The Morgan fingerprint density at radius 1 is 1.03 bits per heavy atom. The Morgan fingerprint density at radius 3 is 2.53 bits per heavy atom. The van der Waals surface area contributed by atoms with Crippen LogP contribution in [-0.4, -0.2) is 27.3 Å². The number of hydrogen-bond acceptors (Lipinski definition) is 3. The first-order chi connectivity index (χ1) is 18.4. The molecule has 6 nitrogen and oxygen atoms in total. The number of pyridine rings is 1. The summed E-state index contributed by atoms with van der Waals surface area (Å²) < 4.78 is 0. The van der Waals surface area contributed by atoms with Gasteiger partial charge in [0.1, 0.15) is 5.54 Å². The second kappa shape index (κ2) is 11.4. The quantitative estimate of drug-likeness (QED) is 0.248. The molecule has 196 valence electrons. The number of para-hydroxylation sites is 1. The third-order valence-corrected chi connectivity index (χ3v) is 7.97. The lowest BCUT2D eigenvalue weighted by molar-refractivity contribution is -0.128. The van der Waals surface area contributed by atoms with Gasteiger partial charge >= 0.3 is 0 Å². The van der Waals surface area contributed by atoms with Crippen LogP contribution in [0, 0.1) is 5.92 Å². The van der Waals surface area contributed by atoms with Crippen molar-refractivity contribution in [1.82, 2.24) is 20.6 Å². The van der Waals surface area contributed by atoms with Gasteiger partial charge in [0.2, 0.25) is 5.91 Å². The lowest BCUT2D eigenvalue weighted by Crippen LogP contribution is -2.59. The number of carbonyl (C=O) groups is 2. The van der Waals surface area contributed by atoms with Crippen LogP contribution in [0.2, 0.25) is 5.02 Å². The van der Waals surface area contributed by atoms with Crippen LogP contribution < -0.4 is 10.6 Å². The number of nitrogens with zero attached hydrogens (tertiary/aromatic N) is 1. The van der Waals surface area contributed by atoms with Crippen molar-refractivity contribution in [2.45, 2.75) is 57.0 Å². The second-order valence-corrected chi connectivity index (χ2v) is 10.8. The van der Waals surface area contributed by atoms with Crippen molar-refractivity contribution in [1.29, 1.82) is 0 Å². The van der Waals surface area contributed by atoms with Crippen LogP contribution in [0.5, 0.6) is 0 Å². The molecule has 1 fully saturated rings. The third-order valence-electron chi connectivity index (χ3n) is 7.64. The highest BCUT2D eigenvalue weighted by Gasteiger charge is 2.39. The van der Waals surface area contributed by atoms with Gasteiger partial charge in [-0.15, -0.1) is 0 Å². The molecule has 1 aliphatic rings. The van der Waals surface area contributed by atoms with E-state index in [2.05, 4.69) is 20.6 Å². The van der Waals surface area contributed by atoms with E-state index in [1.165, 1.54) is 6.42 Å². The van der Waals surface area contributed by atoms with Gasteiger partial charge in [0.15, 0.2) is 0 Å². The minimum absolute atomic E-state index is 0.233. The molecule has 0 radical (unpaired) electrons. The fourth-order valence-electron chi connectivity index (χ4n) is 5.56. The number of benzene rings is 2. The van der Waals surface area contributed by atoms with Crippen molar-refractivity contribution in [2.24, 2.45) is 5.92 Å². The van der Waals surface area contributed by atoms with Gasteiger partial charge in [0.25, 0.3) is 5.91 Å². The van der Waals surface area contributed by atoms with E-state index < -0.39 is 5.54 Å². The molecule has 2 amide bonds. The Bertz CT molecular complexity index is 1410. The number of H-pyrrole nitrogens is 1. The van der Waals surface area contributed by atoms with Gasteiger partial charge in [-0.2, -0.15) is 0 Å². The molecule has 2 aromatic carbocycles. The van der Waals surface area contributed by atoms with Crippen LogP contribution in [0.3, 0.4) is 0 Å². The van der Waals surface area contributed by atoms with Crippen LogP contribution in [0.25, 0.3) is 10.9 Å². The summed E-state index contributed by atoms with van der Waals surface area (Å²) in [5, 5.41) is 7.72. The molecular weight excluding hydrogens is 496 g/mol. The summed E-state index contributed by atoms with van der Waals surface area (Å²) in [7, 11) is 0. The van der Waals surface area contributed by atoms with Gasteiger partial charge in [-0.25, -0.2) is 0 Å². The summed E-state index contributed by atoms with van der Waals surface area (Å²) in [5.74, 6) is -0.344. The Kier molecular flexibility index (Phi) is 7.79. The number of hydrogen-bond donors (Lipinski definition) is 3. The zero-order valence-electron chi connectivity index (χ0n) is 21.5. The summed E-state index contributed by atoms with van der Waals surface area (Å²) in [6.45, 7) is 1.79. The molecule has 4 aromatic rings. The van der Waals surface area contributed by atoms with E-state index >= 15 is 0 Å². The summed E-state index contributed by atoms with van der Waals surface area (Å²) in [5.41, 5.74) is 1.87. The summed E-state index contributed by atoms with van der Waals surface area (Å²) in [4.78, 5) is 35.5. The van der Waals surface area contributed by atoms with Gasteiger partial charge in [-0.05, 0) is 61.6 Å². The Balaban J connectivity index is 1.49. The second-order valence-electron chi connectivity index (χ2n) is 10.4. The van der Waals surface area contributed by atoms with Crippen molar-refractivity contribution in [3.63, 3.8) is 0 Å². The van der Waals surface area contributed by atoms with Crippen LogP contribution in [-0.2, 0) is 11.2 Å². The number of rotatable bonds is 8. The molecule has 0 spiro atoms. The first kappa shape index (κ1) is 26.0. The predicted octanol–water partition coefficient (Wildman–Crippen LogP) is 6.39. The van der Waals surface area contributed by atoms with Crippen molar-refractivity contribution in [2.75, 3.05) is 0 Å². The molecule has 2 aromatic heterocycles. The molecule has 2 heterocycles. The standard InChI is InChI=1S/C31H33ClN4O2/c1-31(36-29(37)24-14-5-7-15-25(24)32,19-22-20-34-26-16-8-6-13-23(22)26)30(38)35-28(21-11-3-2-4-12-21)27-17-9-10-18-33-27/h5-10,13-18,20-21,28,34H,2-4,11-12,19H2,1H3,(H,35,38)(H,36,37)/t28-,31?/m0/s1. The number of fused-ring (bicyclic) bond motifs is 1. The van der Waals surface area contributed by atoms with Gasteiger partial charge in [-0.1, -0.05) is 67.3 Å². The van der Waals surface area contributed by atoms with E-state index in [0.717, 1.165) is 47.8 Å². The molecule has 1 aliphatic carbocycles. The number of amides is 2. The van der Waals surface area contributed by atoms with E-state index in [-0.39, 0.29) is 17.9 Å². The molecular formula is C31H33ClN4O2. The molecule has 7 heteroatoms. The van der Waals surface area contributed by atoms with Crippen molar-refractivity contribution in [3.8, 4) is 0 Å². The monoisotopic (exact) mass is 528 g/mol. The maximum absolute atomic E-state index is 14.2. The van der Waals surface area contributed by atoms with E-state index in [9.17, 15) is 9.59 Å². The summed E-state index contributed by atoms with van der Waals surface area (Å²) in [6, 6.07) is 20.4. The van der Waals surface area contributed by atoms with Gasteiger partial charge in [-0.3, -0.25) is 14.6 Å². The lowest BCUT2D eigenvalue weighted by Gasteiger charge is -2.35. The van der Waals surface area contributed by atoms with Crippen molar-refractivity contribution in [3.05, 3.63) is 101 Å². The van der Waals surface area contributed by atoms with E-state index in [0.29, 0.717) is 22.9 Å². The SMILES string of the molecule is CC(Cc1c[nH]c2ccccc12)(NC(=O)c1ccccc1Cl)C(=O)N[C@H](c1ccccn1)C1CCCCC1. The molecule has 0 bridgehead atoms. The fraction of sp³-hybridized carbons (Fsp3) is 0.323. The van der Waals surface area contributed by atoms with Crippen LogP contribution in [0.15, 0.2) is 79.1 Å². The maximum atomic E-state index is 14.2. The first-order valence-corrected chi connectivity index (χ1v) is 13.7. The highest BCUT2D eigenvalue weighted by molar-refractivity contribution is 6.33. The number of halogens is 1. The molecule has 0 aliphatic heterocycles. The average molecular weight is 529 g/mol. The van der Waals surface area contributed by atoms with Crippen LogP contribution in [0.1, 0.15) is 66.7 Å². The molecule has 38 heavy (non-hydrogen) atoms. The molecule has 3 N–H and O–H groups in total. The number of aromatic nitrogens is 2. The molecule has 5 rings (SSSR count). The smallest absolute Gasteiger partial charge is 0.253 e. The number of aromatic amines is 1. The third kappa shape index (κ3) is 5.60. The average Bonchev–Trinajstić information content (AvgIpc) is 3.35. The summed E-state index contributed by atoms with van der Waals surface area (Å²) in [6.07, 6.45) is 9.54. The number of nitrogens with one attached hydrogen (secondary N) is 3. The van der Waals surface area contributed by atoms with E-state index in [4.69, 9.17) is 11.6 Å². The topological polar surface area (TPSA) is 86.9 Å². The minimum atomic E-state index is -1.25. The Morgan fingerprint density at radius 2 is 1.76 bits per heavy atom. The van der Waals surface area contributed by atoms with Gasteiger partial charge in [0, 0.05) is 29.7 Å². The zero-order valence-corrected chi connectivity index (χ0v) is 22.3. The normalized spacial score (nSPS) is 16.5. The molecule has 2 atom stereocenters. The number of carbonyl (C=O) groups excluding carboxylic acids is 2. The van der Waals surface area contributed by atoms with E-state index in [1.54, 1.807) is 37.4 Å². The Labute approximate surface area is 228 Å². The van der Waals surface area contributed by atoms with E-state index in [1.807, 2.05) is 48.7 Å². The predicted molar refractivity (Wildman–Crippen MR) is 151 cm³/mol. The minimum Gasteiger partial charge on any atom is -0.361 e. The molecule has 1 unspecified atom stereocenters. The zero-order chi connectivity index (χ0) is 26.5. The summed E-state index contributed by atoms with van der Waals surface area (Å²) >= 11 is 6.34. The molecule has 1 saturated carbocycles. The van der Waals surface area contributed by atoms with Gasteiger partial charge < -0.3 is 15.6 Å². The van der Waals surface area contributed by atoms with Crippen LogP contribution >= 0.6 is 11.6 Å². The lowest BCUT2D eigenvalue weighted by atomic mass is 9.81.